The third-order valence-electron chi connectivity index (χ3n) is 5.81. The molecule has 3 N–H and O–H groups in total. The highest BCUT2D eigenvalue weighted by Crippen LogP contribution is 2.46. The minimum absolute atomic E-state index is 0.0761. The van der Waals surface area contributed by atoms with E-state index in [0.717, 1.165) is 30.6 Å². The molecule has 4 rings (SSSR count). The lowest BCUT2D eigenvalue weighted by atomic mass is 9.86. The normalized spacial score (nSPS) is 23.4. The number of amides is 3. The van der Waals surface area contributed by atoms with Gasteiger partial charge in [0.05, 0.1) is 12.6 Å². The van der Waals surface area contributed by atoms with Crippen molar-refractivity contribution in [1.82, 2.24) is 20.9 Å². The number of imide groups is 1. The fourth-order valence-corrected chi connectivity index (χ4v) is 4.40. The standard InChI is InChI=1S/C20H27N5O3/c1-21-18(22-10-11-25-17(26)13-23-19(25)27)24-15-12-20(8-4-5-9-20)28-16-7-3-2-6-14(15)16/h2-3,6-7,15H,4-5,8-13H2,1H3,(H,23,27)(H2,21,22,24). The number of urea groups is 1. The van der Waals surface area contributed by atoms with Crippen molar-refractivity contribution in [3.8, 4) is 5.75 Å². The topological polar surface area (TPSA) is 95.1 Å². The summed E-state index contributed by atoms with van der Waals surface area (Å²) in [5.41, 5.74) is 1.04. The van der Waals surface area contributed by atoms with Crippen LogP contribution in [-0.4, -0.2) is 55.1 Å². The van der Waals surface area contributed by atoms with E-state index in [1.165, 1.54) is 17.7 Å². The first-order valence-electron chi connectivity index (χ1n) is 9.94. The summed E-state index contributed by atoms with van der Waals surface area (Å²) >= 11 is 0. The van der Waals surface area contributed by atoms with Gasteiger partial charge in [0.15, 0.2) is 5.96 Å². The fourth-order valence-electron chi connectivity index (χ4n) is 4.40. The van der Waals surface area contributed by atoms with Gasteiger partial charge < -0.3 is 20.7 Å². The van der Waals surface area contributed by atoms with Gasteiger partial charge >= 0.3 is 6.03 Å². The number of hydrogen-bond acceptors (Lipinski definition) is 4. The summed E-state index contributed by atoms with van der Waals surface area (Å²) in [6.45, 7) is 0.821. The van der Waals surface area contributed by atoms with Crippen LogP contribution in [0.15, 0.2) is 29.3 Å². The highest BCUT2D eigenvalue weighted by molar-refractivity contribution is 6.01. The molecule has 3 amide bonds. The first kappa shape index (κ1) is 18.6. The minimum atomic E-state index is -0.337. The molecule has 1 aromatic carbocycles. The van der Waals surface area contributed by atoms with Crippen molar-refractivity contribution in [2.75, 3.05) is 26.7 Å². The van der Waals surface area contributed by atoms with Gasteiger partial charge in [-0.25, -0.2) is 4.79 Å². The van der Waals surface area contributed by atoms with Gasteiger partial charge in [-0.2, -0.15) is 0 Å². The molecule has 1 aliphatic carbocycles. The van der Waals surface area contributed by atoms with Crippen LogP contribution in [0, 0.1) is 0 Å². The zero-order valence-electron chi connectivity index (χ0n) is 16.2. The summed E-state index contributed by atoms with van der Waals surface area (Å²) in [7, 11) is 1.72. The molecule has 1 spiro atoms. The number of nitrogens with zero attached hydrogens (tertiary/aromatic N) is 2. The summed E-state index contributed by atoms with van der Waals surface area (Å²) in [6, 6.07) is 7.93. The largest absolute Gasteiger partial charge is 0.487 e. The molecule has 1 unspecified atom stereocenters. The van der Waals surface area contributed by atoms with Crippen molar-refractivity contribution < 1.29 is 14.3 Å². The van der Waals surface area contributed by atoms with Gasteiger partial charge in [-0.05, 0) is 31.7 Å². The maximum atomic E-state index is 11.7. The molecule has 3 aliphatic rings. The van der Waals surface area contributed by atoms with Gasteiger partial charge in [0.2, 0.25) is 5.91 Å². The molecular weight excluding hydrogens is 358 g/mol. The Morgan fingerprint density at radius 1 is 1.32 bits per heavy atom. The number of nitrogens with one attached hydrogen (secondary N) is 3. The van der Waals surface area contributed by atoms with Gasteiger partial charge in [0.1, 0.15) is 11.4 Å². The summed E-state index contributed by atoms with van der Waals surface area (Å²) in [5, 5.41) is 9.26. The molecule has 0 bridgehead atoms. The van der Waals surface area contributed by atoms with Crippen LogP contribution in [-0.2, 0) is 4.79 Å². The quantitative estimate of drug-likeness (QED) is 0.415. The smallest absolute Gasteiger partial charge is 0.324 e. The van der Waals surface area contributed by atoms with Crippen LogP contribution in [0.5, 0.6) is 5.75 Å². The van der Waals surface area contributed by atoms with Gasteiger partial charge in [-0.15, -0.1) is 0 Å². The Kier molecular flexibility index (Phi) is 5.11. The second-order valence-corrected chi connectivity index (χ2v) is 7.63. The van der Waals surface area contributed by atoms with Crippen molar-refractivity contribution in [1.29, 1.82) is 0 Å². The number of fused-ring (bicyclic) bond motifs is 1. The number of aliphatic imine (C=N–C) groups is 1. The Balaban J connectivity index is 1.41. The van der Waals surface area contributed by atoms with Crippen LogP contribution in [0.2, 0.25) is 0 Å². The van der Waals surface area contributed by atoms with E-state index in [-0.39, 0.29) is 30.1 Å². The second-order valence-electron chi connectivity index (χ2n) is 7.63. The predicted molar refractivity (Wildman–Crippen MR) is 105 cm³/mol. The van der Waals surface area contributed by atoms with Crippen molar-refractivity contribution in [2.45, 2.75) is 43.7 Å². The van der Waals surface area contributed by atoms with Crippen molar-refractivity contribution in [2.24, 2.45) is 4.99 Å². The highest BCUT2D eigenvalue weighted by atomic mass is 16.5. The lowest BCUT2D eigenvalue weighted by Crippen LogP contribution is -2.48. The second kappa shape index (κ2) is 7.69. The molecule has 28 heavy (non-hydrogen) atoms. The molecule has 0 aromatic heterocycles. The summed E-state index contributed by atoms with van der Waals surface area (Å²) in [4.78, 5) is 28.9. The van der Waals surface area contributed by atoms with Crippen molar-refractivity contribution in [3.05, 3.63) is 29.8 Å². The molecule has 8 nitrogen and oxygen atoms in total. The average molecular weight is 385 g/mol. The molecular formula is C20H27N5O3. The average Bonchev–Trinajstić information content (AvgIpc) is 3.28. The molecule has 2 aliphatic heterocycles. The number of para-hydroxylation sites is 1. The van der Waals surface area contributed by atoms with Crippen LogP contribution >= 0.6 is 0 Å². The minimum Gasteiger partial charge on any atom is -0.487 e. The summed E-state index contributed by atoms with van der Waals surface area (Å²) in [6.07, 6.45) is 5.47. The Hall–Kier alpha value is -2.77. The number of ether oxygens (including phenoxy) is 1. The van der Waals surface area contributed by atoms with E-state index in [1.807, 2.05) is 18.2 Å². The molecule has 1 atom stereocenters. The number of rotatable bonds is 4. The van der Waals surface area contributed by atoms with Gasteiger partial charge in [-0.3, -0.25) is 14.7 Å². The fraction of sp³-hybridized carbons (Fsp3) is 0.550. The molecule has 1 aromatic rings. The first-order valence-corrected chi connectivity index (χ1v) is 9.94. The third kappa shape index (κ3) is 3.63. The number of benzene rings is 1. The number of carbonyl (C=O) groups is 2. The predicted octanol–water partition coefficient (Wildman–Crippen LogP) is 1.54. The molecule has 1 saturated carbocycles. The maximum absolute atomic E-state index is 11.7. The number of carbonyl (C=O) groups excluding carboxylic acids is 2. The highest BCUT2D eigenvalue weighted by Gasteiger charge is 2.43. The number of guanidine groups is 1. The monoisotopic (exact) mass is 385 g/mol. The SMILES string of the molecule is CN=C(NCCN1C(=O)CNC1=O)NC1CC2(CCCC2)Oc2ccccc21. The molecule has 8 heteroatoms. The van der Waals surface area contributed by atoms with Crippen LogP contribution in [0.4, 0.5) is 4.79 Å². The lowest BCUT2D eigenvalue weighted by Gasteiger charge is -2.40. The van der Waals surface area contributed by atoms with Crippen LogP contribution < -0.4 is 20.7 Å². The van der Waals surface area contributed by atoms with Crippen LogP contribution in [0.25, 0.3) is 0 Å². The summed E-state index contributed by atoms with van der Waals surface area (Å²) in [5.74, 6) is 1.40. The lowest BCUT2D eigenvalue weighted by molar-refractivity contribution is -0.124. The van der Waals surface area contributed by atoms with E-state index >= 15 is 0 Å². The van der Waals surface area contributed by atoms with E-state index in [4.69, 9.17) is 4.74 Å². The zero-order valence-corrected chi connectivity index (χ0v) is 16.2. The van der Waals surface area contributed by atoms with E-state index in [0.29, 0.717) is 19.0 Å². The molecule has 2 heterocycles. The Morgan fingerprint density at radius 3 is 2.82 bits per heavy atom. The van der Waals surface area contributed by atoms with Crippen molar-refractivity contribution in [3.63, 3.8) is 0 Å². The third-order valence-corrected chi connectivity index (χ3v) is 5.81. The maximum Gasteiger partial charge on any atom is 0.324 e. The van der Waals surface area contributed by atoms with Crippen LogP contribution in [0.3, 0.4) is 0 Å². The van der Waals surface area contributed by atoms with Gasteiger partial charge in [0, 0.05) is 32.1 Å². The van der Waals surface area contributed by atoms with E-state index in [9.17, 15) is 9.59 Å². The Morgan fingerprint density at radius 2 is 2.11 bits per heavy atom. The zero-order chi connectivity index (χ0) is 19.6. The first-order chi connectivity index (χ1) is 13.6. The van der Waals surface area contributed by atoms with E-state index < -0.39 is 0 Å². The van der Waals surface area contributed by atoms with E-state index in [2.05, 4.69) is 27.0 Å². The molecule has 150 valence electrons. The van der Waals surface area contributed by atoms with Gasteiger partial charge in [-0.1, -0.05) is 18.2 Å². The Bertz CT molecular complexity index is 772. The van der Waals surface area contributed by atoms with Crippen molar-refractivity contribution >= 4 is 17.9 Å². The van der Waals surface area contributed by atoms with E-state index in [1.54, 1.807) is 7.05 Å². The number of hydrogen-bond donors (Lipinski definition) is 3. The molecule has 1 saturated heterocycles. The molecule has 2 fully saturated rings. The molecule has 0 radical (unpaired) electrons. The van der Waals surface area contributed by atoms with Gasteiger partial charge in [0.25, 0.3) is 0 Å². The van der Waals surface area contributed by atoms with Crippen LogP contribution in [0.1, 0.15) is 43.7 Å². The summed E-state index contributed by atoms with van der Waals surface area (Å²) < 4.78 is 6.41. The Labute approximate surface area is 164 Å².